The molecule has 0 N–H and O–H groups in total. The van der Waals surface area contributed by atoms with Crippen molar-refractivity contribution in [2.75, 3.05) is 0 Å². The molecule has 6 atom stereocenters. The van der Waals surface area contributed by atoms with Gasteiger partial charge in [-0.3, -0.25) is 0 Å². The second-order valence-corrected chi connectivity index (χ2v) is 12.2. The maximum Gasteiger partial charge on any atom is -0.0207 e. The van der Waals surface area contributed by atoms with E-state index in [0.717, 1.165) is 58.2 Å². The Morgan fingerprint density at radius 2 is 0.923 bits per heavy atom. The van der Waals surface area contributed by atoms with E-state index in [-0.39, 0.29) is 0 Å². The Kier molecular flexibility index (Phi) is 5.06. The quantitative estimate of drug-likeness (QED) is 0.467. The average molecular weight is 359 g/mol. The molecule has 0 aromatic rings. The van der Waals surface area contributed by atoms with Gasteiger partial charge in [-0.2, -0.15) is 0 Å². The molecule has 0 amide bonds. The minimum atomic E-state index is 0.769. The molecule has 6 unspecified atom stereocenters. The zero-order valence-corrected chi connectivity index (χ0v) is 18.7. The molecule has 4 aliphatic rings. The van der Waals surface area contributed by atoms with Crippen LogP contribution in [-0.4, -0.2) is 0 Å². The second-order valence-electron chi connectivity index (χ2n) is 12.2. The lowest BCUT2D eigenvalue weighted by Crippen LogP contribution is -2.44. The standard InChI is InChI=1S/C26H46/c1-17(2)21-9-7-19(5)15-23(21)25(11-12-25)26(13-14-26)24-16-20(6)8-10-22(24)18(3)4/h17-24H,7-16H2,1-6H3. The van der Waals surface area contributed by atoms with E-state index < -0.39 is 0 Å². The van der Waals surface area contributed by atoms with Crippen LogP contribution in [0.25, 0.3) is 0 Å². The highest BCUT2D eigenvalue weighted by molar-refractivity contribution is 5.21. The van der Waals surface area contributed by atoms with Gasteiger partial charge >= 0.3 is 0 Å². The average Bonchev–Trinajstić information content (AvgIpc) is 3.46. The predicted octanol–water partition coefficient (Wildman–Crippen LogP) is 7.96. The molecule has 0 spiro atoms. The summed E-state index contributed by atoms with van der Waals surface area (Å²) in [6.45, 7) is 15.2. The molecule has 0 aliphatic heterocycles. The molecule has 0 aromatic heterocycles. The molecule has 0 nitrogen and oxygen atoms in total. The molecule has 4 fully saturated rings. The van der Waals surface area contributed by atoms with E-state index in [1.165, 1.54) is 25.7 Å². The van der Waals surface area contributed by atoms with Crippen LogP contribution in [0.5, 0.6) is 0 Å². The highest BCUT2D eigenvalue weighted by Gasteiger charge is 2.72. The van der Waals surface area contributed by atoms with Crippen LogP contribution in [0.15, 0.2) is 0 Å². The Morgan fingerprint density at radius 3 is 1.19 bits per heavy atom. The molecule has 150 valence electrons. The fourth-order valence-electron chi connectivity index (χ4n) is 8.42. The van der Waals surface area contributed by atoms with Crippen molar-refractivity contribution in [3.63, 3.8) is 0 Å². The summed E-state index contributed by atoms with van der Waals surface area (Å²) in [5.74, 6) is 7.90. The van der Waals surface area contributed by atoms with Crippen molar-refractivity contribution in [1.29, 1.82) is 0 Å². The molecule has 0 heterocycles. The van der Waals surface area contributed by atoms with Gasteiger partial charge in [-0.15, -0.1) is 0 Å². The first-order valence-electron chi connectivity index (χ1n) is 12.3. The number of hydrogen-bond acceptors (Lipinski definition) is 0. The summed E-state index contributed by atoms with van der Waals surface area (Å²) >= 11 is 0. The lowest BCUT2D eigenvalue weighted by molar-refractivity contribution is -0.0278. The molecule has 4 aliphatic carbocycles. The summed E-state index contributed by atoms with van der Waals surface area (Å²) in [6, 6.07) is 0. The van der Waals surface area contributed by atoms with Crippen molar-refractivity contribution >= 4 is 0 Å². The van der Waals surface area contributed by atoms with E-state index in [0.29, 0.717) is 0 Å². The van der Waals surface area contributed by atoms with Gasteiger partial charge in [0.25, 0.3) is 0 Å². The molecule has 0 heteroatoms. The maximum absolute atomic E-state index is 2.55. The van der Waals surface area contributed by atoms with Gasteiger partial charge in [0.2, 0.25) is 0 Å². The van der Waals surface area contributed by atoms with Crippen LogP contribution in [0.1, 0.15) is 106 Å². The normalized spacial score (nSPS) is 44.3. The highest BCUT2D eigenvalue weighted by Crippen LogP contribution is 2.80. The Balaban J connectivity index is 1.64. The summed E-state index contributed by atoms with van der Waals surface area (Å²) in [6.07, 6.45) is 15.5. The van der Waals surface area contributed by atoms with Gasteiger partial charge in [-0.25, -0.2) is 0 Å². The monoisotopic (exact) mass is 358 g/mol. The second kappa shape index (κ2) is 6.81. The Bertz CT molecular complexity index is 446. The summed E-state index contributed by atoms with van der Waals surface area (Å²) in [4.78, 5) is 0. The zero-order chi connectivity index (χ0) is 18.7. The molecule has 0 saturated heterocycles. The predicted molar refractivity (Wildman–Crippen MR) is 113 cm³/mol. The van der Waals surface area contributed by atoms with E-state index in [1.807, 2.05) is 0 Å². The van der Waals surface area contributed by atoms with Crippen LogP contribution >= 0.6 is 0 Å². The van der Waals surface area contributed by atoms with Crippen LogP contribution < -0.4 is 0 Å². The summed E-state index contributed by atoms with van der Waals surface area (Å²) in [5, 5.41) is 0. The molecule has 0 bridgehead atoms. The molecule has 4 rings (SSSR count). The highest BCUT2D eigenvalue weighted by atomic mass is 14.8. The molecular formula is C26H46. The lowest BCUT2D eigenvalue weighted by Gasteiger charge is -2.51. The molecule has 0 radical (unpaired) electrons. The number of rotatable bonds is 5. The van der Waals surface area contributed by atoms with Crippen molar-refractivity contribution in [2.45, 2.75) is 106 Å². The molecule has 26 heavy (non-hydrogen) atoms. The van der Waals surface area contributed by atoms with Crippen molar-refractivity contribution < 1.29 is 0 Å². The van der Waals surface area contributed by atoms with Gasteiger partial charge in [0.15, 0.2) is 0 Å². The van der Waals surface area contributed by atoms with E-state index in [4.69, 9.17) is 0 Å². The van der Waals surface area contributed by atoms with Gasteiger partial charge in [0.05, 0.1) is 0 Å². The number of hydrogen-bond donors (Lipinski definition) is 0. The first-order chi connectivity index (χ1) is 12.3. The fourth-order valence-corrected chi connectivity index (χ4v) is 8.42. The van der Waals surface area contributed by atoms with Gasteiger partial charge in [-0.1, -0.05) is 54.4 Å². The maximum atomic E-state index is 2.55. The Hall–Kier alpha value is 0. The first-order valence-corrected chi connectivity index (χ1v) is 12.3. The van der Waals surface area contributed by atoms with Crippen LogP contribution in [0.2, 0.25) is 0 Å². The van der Waals surface area contributed by atoms with Gasteiger partial charge in [0.1, 0.15) is 0 Å². The smallest absolute Gasteiger partial charge is 0.0207 e. The van der Waals surface area contributed by atoms with Crippen molar-refractivity contribution in [1.82, 2.24) is 0 Å². The SMILES string of the molecule is CC1CCC(C(C)C)C(C2(C3(C4CC(C)CCC4C(C)C)CC3)CC2)C1. The molecule has 0 aromatic carbocycles. The van der Waals surface area contributed by atoms with E-state index in [9.17, 15) is 0 Å². The third-order valence-electron chi connectivity index (χ3n) is 10.0. The minimum Gasteiger partial charge on any atom is -0.0625 e. The Morgan fingerprint density at radius 1 is 0.577 bits per heavy atom. The minimum absolute atomic E-state index is 0.769. The van der Waals surface area contributed by atoms with Crippen LogP contribution in [0, 0.1) is 58.2 Å². The van der Waals surface area contributed by atoms with Crippen LogP contribution in [-0.2, 0) is 0 Å². The van der Waals surface area contributed by atoms with Crippen LogP contribution in [0.4, 0.5) is 0 Å². The summed E-state index contributed by atoms with van der Waals surface area (Å²) < 4.78 is 0. The Labute approximate surface area is 164 Å². The topological polar surface area (TPSA) is 0 Å². The third kappa shape index (κ3) is 3.00. The summed E-state index contributed by atoms with van der Waals surface area (Å²) in [7, 11) is 0. The van der Waals surface area contributed by atoms with Crippen molar-refractivity contribution in [3.05, 3.63) is 0 Å². The van der Waals surface area contributed by atoms with Crippen molar-refractivity contribution in [2.24, 2.45) is 58.2 Å². The van der Waals surface area contributed by atoms with Gasteiger partial charge in [-0.05, 0) is 110 Å². The lowest BCUT2D eigenvalue weighted by atomic mass is 9.53. The largest absolute Gasteiger partial charge is 0.0625 e. The van der Waals surface area contributed by atoms with E-state index in [2.05, 4.69) is 41.5 Å². The van der Waals surface area contributed by atoms with E-state index in [1.54, 1.807) is 38.5 Å². The van der Waals surface area contributed by atoms with E-state index >= 15 is 0 Å². The van der Waals surface area contributed by atoms with Gasteiger partial charge in [0, 0.05) is 0 Å². The third-order valence-corrected chi connectivity index (χ3v) is 10.0. The molecule has 4 saturated carbocycles. The van der Waals surface area contributed by atoms with Gasteiger partial charge < -0.3 is 0 Å². The summed E-state index contributed by atoms with van der Waals surface area (Å²) in [5.41, 5.74) is 1.54. The van der Waals surface area contributed by atoms with Crippen molar-refractivity contribution in [3.8, 4) is 0 Å². The first kappa shape index (κ1) is 19.3. The molecular weight excluding hydrogens is 312 g/mol. The fraction of sp³-hybridized carbons (Fsp3) is 1.00. The zero-order valence-electron chi connectivity index (χ0n) is 18.7. The van der Waals surface area contributed by atoms with Crippen LogP contribution in [0.3, 0.4) is 0 Å².